The van der Waals surface area contributed by atoms with E-state index in [1.807, 2.05) is 30.3 Å². The normalized spacial score (nSPS) is 18.5. The van der Waals surface area contributed by atoms with Crippen molar-refractivity contribution >= 4 is 22.7 Å². The Labute approximate surface area is 215 Å². The molecule has 3 heterocycles. The van der Waals surface area contributed by atoms with Crippen molar-refractivity contribution in [2.45, 2.75) is 12.5 Å². The summed E-state index contributed by atoms with van der Waals surface area (Å²) in [5.41, 5.74) is 1.29. The highest BCUT2D eigenvalue weighted by Crippen LogP contribution is 2.40. The van der Waals surface area contributed by atoms with Gasteiger partial charge in [-0.05, 0) is 36.2 Å². The van der Waals surface area contributed by atoms with Crippen molar-refractivity contribution in [1.82, 2.24) is 9.80 Å². The number of ketones is 1. The van der Waals surface area contributed by atoms with Crippen molar-refractivity contribution in [1.29, 1.82) is 0 Å². The van der Waals surface area contributed by atoms with E-state index in [1.165, 1.54) is 0 Å². The first kappa shape index (κ1) is 24.8. The van der Waals surface area contributed by atoms with E-state index < -0.39 is 23.5 Å². The molecule has 0 aliphatic carbocycles. The van der Waals surface area contributed by atoms with Gasteiger partial charge in [0.1, 0.15) is 17.9 Å². The Morgan fingerprint density at radius 3 is 2.59 bits per heavy atom. The maximum absolute atomic E-state index is 13.7. The van der Waals surface area contributed by atoms with Crippen LogP contribution in [0, 0.1) is 0 Å². The molecule has 1 fully saturated rings. The summed E-state index contributed by atoms with van der Waals surface area (Å²) in [6, 6.07) is 15.4. The lowest BCUT2D eigenvalue weighted by Crippen LogP contribution is -2.39. The van der Waals surface area contributed by atoms with Gasteiger partial charge in [-0.1, -0.05) is 43.0 Å². The van der Waals surface area contributed by atoms with Crippen LogP contribution in [0.5, 0.6) is 5.75 Å². The molecule has 1 amide bonds. The van der Waals surface area contributed by atoms with Crippen LogP contribution in [0.2, 0.25) is 0 Å². The molecule has 0 radical (unpaired) electrons. The molecule has 2 aliphatic heterocycles. The number of carbonyl (C=O) groups excluding carboxylic acids is 2. The number of benzene rings is 2. The minimum atomic E-state index is -0.744. The van der Waals surface area contributed by atoms with Gasteiger partial charge < -0.3 is 23.9 Å². The Morgan fingerprint density at radius 2 is 1.86 bits per heavy atom. The van der Waals surface area contributed by atoms with Crippen molar-refractivity contribution in [3.63, 3.8) is 0 Å². The fraction of sp³-hybridized carbons (Fsp3) is 0.310. The molecule has 192 valence electrons. The highest BCUT2D eigenvalue weighted by atomic mass is 16.5. The molecule has 0 unspecified atom stereocenters. The maximum atomic E-state index is 13.7. The molecule has 2 aliphatic rings. The summed E-state index contributed by atoms with van der Waals surface area (Å²) in [6.07, 6.45) is 2.35. The molecule has 5 rings (SSSR count). The quantitative estimate of drug-likeness (QED) is 0.326. The fourth-order valence-corrected chi connectivity index (χ4v) is 4.88. The molecular weight excluding hydrogens is 472 g/mol. The van der Waals surface area contributed by atoms with Crippen LogP contribution in [-0.4, -0.2) is 72.6 Å². The summed E-state index contributed by atoms with van der Waals surface area (Å²) in [5.74, 6) is -0.867. The van der Waals surface area contributed by atoms with E-state index in [4.69, 9.17) is 13.9 Å². The molecule has 37 heavy (non-hydrogen) atoms. The number of hydrogen-bond acceptors (Lipinski definition) is 7. The Bertz CT molecular complexity index is 1290. The number of aliphatic hydroxyl groups is 1. The molecular formula is C29H30N2O6. The Hall–Kier alpha value is -3.88. The predicted molar refractivity (Wildman–Crippen MR) is 139 cm³/mol. The van der Waals surface area contributed by atoms with Crippen LogP contribution in [0.4, 0.5) is 0 Å². The van der Waals surface area contributed by atoms with Crippen molar-refractivity contribution in [2.24, 2.45) is 0 Å². The largest absolute Gasteiger partial charge is 0.503 e. The van der Waals surface area contributed by atoms with Crippen LogP contribution < -0.4 is 4.74 Å². The van der Waals surface area contributed by atoms with Gasteiger partial charge in [0.05, 0.1) is 24.8 Å². The molecule has 1 N–H and O–H groups in total. The molecule has 1 atom stereocenters. The molecule has 0 bridgehead atoms. The van der Waals surface area contributed by atoms with E-state index in [9.17, 15) is 14.7 Å². The lowest BCUT2D eigenvalue weighted by molar-refractivity contribution is -0.129. The van der Waals surface area contributed by atoms with Gasteiger partial charge >= 0.3 is 0 Å². The van der Waals surface area contributed by atoms with Gasteiger partial charge in [-0.15, -0.1) is 0 Å². The standard InChI is InChI=1S/C29H30N2O6/c1-2-16-36-22-10-8-20(9-11-22)26-25(27(32)24-19-21-6-3-4-7-23(21)37-24)28(33)29(34)31(26)13-5-12-30-14-17-35-18-15-30/h2-4,6-11,19,26,33H,1,5,12-18H2/t26-/m1/s1. The van der Waals surface area contributed by atoms with Crippen LogP contribution in [-0.2, 0) is 9.53 Å². The molecule has 1 saturated heterocycles. The van der Waals surface area contributed by atoms with Gasteiger partial charge in [0, 0.05) is 31.6 Å². The van der Waals surface area contributed by atoms with Gasteiger partial charge in [0.25, 0.3) is 5.91 Å². The number of hydrogen-bond donors (Lipinski definition) is 1. The van der Waals surface area contributed by atoms with Crippen molar-refractivity contribution in [2.75, 3.05) is 46.0 Å². The van der Waals surface area contributed by atoms with Gasteiger partial charge in [0.2, 0.25) is 5.78 Å². The summed E-state index contributed by atoms with van der Waals surface area (Å²) in [7, 11) is 0. The van der Waals surface area contributed by atoms with Crippen LogP contribution in [0.15, 0.2) is 83.0 Å². The molecule has 8 nitrogen and oxygen atoms in total. The van der Waals surface area contributed by atoms with Crippen LogP contribution in [0.25, 0.3) is 11.0 Å². The van der Waals surface area contributed by atoms with E-state index in [0.717, 1.165) is 25.0 Å². The van der Waals surface area contributed by atoms with E-state index in [2.05, 4.69) is 11.5 Å². The van der Waals surface area contributed by atoms with Crippen LogP contribution in [0.3, 0.4) is 0 Å². The summed E-state index contributed by atoms with van der Waals surface area (Å²) < 4.78 is 16.8. The third kappa shape index (κ3) is 5.16. The number of para-hydroxylation sites is 1. The third-order valence-corrected chi connectivity index (χ3v) is 6.74. The Balaban J connectivity index is 1.44. The number of Topliss-reactive ketones (excluding diaryl/α,β-unsaturated/α-hetero) is 1. The maximum Gasteiger partial charge on any atom is 0.290 e. The number of rotatable bonds is 10. The van der Waals surface area contributed by atoms with Gasteiger partial charge in [0.15, 0.2) is 11.5 Å². The molecule has 1 aromatic heterocycles. The molecule has 2 aromatic carbocycles. The molecule has 3 aromatic rings. The van der Waals surface area contributed by atoms with Crippen molar-refractivity contribution in [3.8, 4) is 5.75 Å². The topological polar surface area (TPSA) is 92.5 Å². The minimum absolute atomic E-state index is 0.0233. The first-order chi connectivity index (χ1) is 18.1. The SMILES string of the molecule is C=CCOc1ccc([C@@H]2C(C(=O)c3cc4ccccc4o3)=C(O)C(=O)N2CCCN2CCOCC2)cc1. The highest BCUT2D eigenvalue weighted by Gasteiger charge is 2.44. The van der Waals surface area contributed by atoms with Gasteiger partial charge in [-0.25, -0.2) is 0 Å². The zero-order valence-corrected chi connectivity index (χ0v) is 20.6. The summed E-state index contributed by atoms with van der Waals surface area (Å²) in [6.45, 7) is 8.30. The second-order valence-electron chi connectivity index (χ2n) is 9.12. The average molecular weight is 503 g/mol. The smallest absolute Gasteiger partial charge is 0.290 e. The lowest BCUT2D eigenvalue weighted by atomic mass is 9.95. The number of nitrogens with zero attached hydrogens (tertiary/aromatic N) is 2. The number of fused-ring (bicyclic) bond motifs is 1. The fourth-order valence-electron chi connectivity index (χ4n) is 4.88. The molecule has 0 spiro atoms. The van der Waals surface area contributed by atoms with E-state index in [-0.39, 0.29) is 11.3 Å². The number of ether oxygens (including phenoxy) is 2. The number of aliphatic hydroxyl groups excluding tert-OH is 1. The summed E-state index contributed by atoms with van der Waals surface area (Å²) >= 11 is 0. The zero-order valence-electron chi connectivity index (χ0n) is 20.6. The number of amides is 1. The third-order valence-electron chi connectivity index (χ3n) is 6.74. The van der Waals surface area contributed by atoms with Gasteiger partial charge in [-0.3, -0.25) is 14.5 Å². The van der Waals surface area contributed by atoms with Crippen molar-refractivity contribution in [3.05, 3.63) is 89.9 Å². The van der Waals surface area contributed by atoms with E-state index in [1.54, 1.807) is 35.2 Å². The lowest BCUT2D eigenvalue weighted by Gasteiger charge is -2.30. The van der Waals surface area contributed by atoms with Crippen LogP contribution in [0.1, 0.15) is 28.6 Å². The highest BCUT2D eigenvalue weighted by molar-refractivity contribution is 6.16. The van der Waals surface area contributed by atoms with Crippen LogP contribution >= 0.6 is 0 Å². The van der Waals surface area contributed by atoms with E-state index in [0.29, 0.717) is 49.7 Å². The Kier molecular flexibility index (Phi) is 7.39. The molecule has 8 heteroatoms. The second kappa shape index (κ2) is 11.0. The monoisotopic (exact) mass is 502 g/mol. The summed E-state index contributed by atoms with van der Waals surface area (Å²) in [4.78, 5) is 30.8. The summed E-state index contributed by atoms with van der Waals surface area (Å²) in [5, 5.41) is 11.7. The molecule has 0 saturated carbocycles. The average Bonchev–Trinajstić information content (AvgIpc) is 3.47. The number of furan rings is 1. The first-order valence-corrected chi connectivity index (χ1v) is 12.5. The van der Waals surface area contributed by atoms with Crippen molar-refractivity contribution < 1.29 is 28.6 Å². The Morgan fingerprint density at radius 1 is 1.11 bits per heavy atom. The number of morpholine rings is 1. The first-order valence-electron chi connectivity index (χ1n) is 12.5. The predicted octanol–water partition coefficient (Wildman–Crippen LogP) is 4.30. The zero-order chi connectivity index (χ0) is 25.8. The second-order valence-corrected chi connectivity index (χ2v) is 9.12. The minimum Gasteiger partial charge on any atom is -0.503 e. The number of carbonyl (C=O) groups is 2. The van der Waals surface area contributed by atoms with E-state index >= 15 is 0 Å². The van der Waals surface area contributed by atoms with Gasteiger partial charge in [-0.2, -0.15) is 0 Å².